The Morgan fingerprint density at radius 3 is 2.29 bits per heavy atom. The van der Waals surface area contributed by atoms with Crippen LogP contribution in [-0.4, -0.2) is 52.4 Å². The topological polar surface area (TPSA) is 105 Å². The molecule has 0 unspecified atom stereocenters. The number of carbonyl (C=O) groups is 2. The standard InChI is InChI=1S/C22H27N3O5S/c1-23-21(26)18-15-16(11-12-20(18)30-2)31(28,29)24-19-10-6-5-9-17(19)22(27)25-13-7-3-4-8-14-25/h5-6,9-12,15,24H,3-4,7-8,13-14H2,1-2H3,(H,23,26). The largest absolute Gasteiger partial charge is 0.496 e. The molecule has 0 spiro atoms. The molecule has 1 aliphatic heterocycles. The number of nitrogens with one attached hydrogen (secondary N) is 2. The van der Waals surface area contributed by atoms with Crippen LogP contribution in [0.25, 0.3) is 0 Å². The van der Waals surface area contributed by atoms with Gasteiger partial charge in [0.1, 0.15) is 5.75 Å². The number of hydrogen-bond donors (Lipinski definition) is 2. The van der Waals surface area contributed by atoms with Crippen molar-refractivity contribution in [1.82, 2.24) is 10.2 Å². The van der Waals surface area contributed by atoms with Gasteiger partial charge in [-0.25, -0.2) is 8.42 Å². The zero-order valence-corrected chi connectivity index (χ0v) is 18.5. The molecule has 3 rings (SSSR count). The lowest BCUT2D eigenvalue weighted by Gasteiger charge is -2.22. The van der Waals surface area contributed by atoms with Crippen molar-refractivity contribution in [1.29, 1.82) is 0 Å². The minimum Gasteiger partial charge on any atom is -0.496 e. The van der Waals surface area contributed by atoms with Crippen LogP contribution in [0.4, 0.5) is 5.69 Å². The average Bonchev–Trinajstić information content (AvgIpc) is 3.07. The molecule has 0 atom stereocenters. The van der Waals surface area contributed by atoms with Crippen molar-refractivity contribution in [2.75, 3.05) is 32.0 Å². The maximum Gasteiger partial charge on any atom is 0.261 e. The number of amides is 2. The molecule has 0 radical (unpaired) electrons. The van der Waals surface area contributed by atoms with Gasteiger partial charge in [0.05, 0.1) is 28.8 Å². The number of benzene rings is 2. The minimum absolute atomic E-state index is 0.0989. The van der Waals surface area contributed by atoms with Crippen molar-refractivity contribution in [2.45, 2.75) is 30.6 Å². The summed E-state index contributed by atoms with van der Waals surface area (Å²) in [6.07, 6.45) is 4.05. The molecule has 1 aliphatic rings. The summed E-state index contributed by atoms with van der Waals surface area (Å²) in [5.41, 5.74) is 0.601. The molecule has 2 amide bonds. The Morgan fingerprint density at radius 2 is 1.65 bits per heavy atom. The number of anilines is 1. The summed E-state index contributed by atoms with van der Waals surface area (Å²) in [5.74, 6) is -0.401. The zero-order valence-electron chi connectivity index (χ0n) is 17.7. The number of rotatable bonds is 6. The molecule has 0 saturated carbocycles. The summed E-state index contributed by atoms with van der Waals surface area (Å²) in [6, 6.07) is 10.6. The number of sulfonamides is 1. The molecule has 31 heavy (non-hydrogen) atoms. The SMILES string of the molecule is CNC(=O)c1cc(S(=O)(=O)Nc2ccccc2C(=O)N2CCCCCC2)ccc1OC. The van der Waals surface area contributed by atoms with E-state index in [2.05, 4.69) is 10.0 Å². The molecule has 0 aromatic heterocycles. The highest BCUT2D eigenvalue weighted by atomic mass is 32.2. The molecule has 1 heterocycles. The van der Waals surface area contributed by atoms with Gasteiger partial charge in [0.15, 0.2) is 0 Å². The van der Waals surface area contributed by atoms with E-state index < -0.39 is 15.9 Å². The molecule has 0 aliphatic carbocycles. The van der Waals surface area contributed by atoms with Crippen molar-refractivity contribution in [2.24, 2.45) is 0 Å². The molecule has 9 heteroatoms. The Kier molecular flexibility index (Phi) is 7.17. The molecule has 2 aromatic rings. The smallest absolute Gasteiger partial charge is 0.261 e. The summed E-state index contributed by atoms with van der Waals surface area (Å²) < 4.78 is 33.8. The van der Waals surface area contributed by atoms with Crippen molar-refractivity contribution < 1.29 is 22.7 Å². The number of methoxy groups -OCH3 is 1. The zero-order chi connectivity index (χ0) is 22.4. The second-order valence-corrected chi connectivity index (χ2v) is 8.98. The molecule has 0 bridgehead atoms. The first-order valence-corrected chi connectivity index (χ1v) is 11.7. The van der Waals surface area contributed by atoms with Crippen LogP contribution in [-0.2, 0) is 10.0 Å². The predicted molar refractivity (Wildman–Crippen MR) is 118 cm³/mol. The number of hydrogen-bond acceptors (Lipinski definition) is 5. The molecule has 1 saturated heterocycles. The molecular weight excluding hydrogens is 418 g/mol. The van der Waals surface area contributed by atoms with E-state index in [1.165, 1.54) is 32.4 Å². The maximum atomic E-state index is 13.1. The van der Waals surface area contributed by atoms with Crippen LogP contribution in [0.1, 0.15) is 46.4 Å². The van der Waals surface area contributed by atoms with E-state index >= 15 is 0 Å². The van der Waals surface area contributed by atoms with Gasteiger partial charge in [-0.05, 0) is 43.2 Å². The Morgan fingerprint density at radius 1 is 0.968 bits per heavy atom. The molecule has 1 fully saturated rings. The third-order valence-electron chi connectivity index (χ3n) is 5.25. The summed E-state index contributed by atoms with van der Waals surface area (Å²) >= 11 is 0. The summed E-state index contributed by atoms with van der Waals surface area (Å²) in [7, 11) is -1.20. The molecule has 166 valence electrons. The summed E-state index contributed by atoms with van der Waals surface area (Å²) in [6.45, 7) is 1.32. The highest BCUT2D eigenvalue weighted by Gasteiger charge is 2.24. The first-order valence-electron chi connectivity index (χ1n) is 10.2. The van der Waals surface area contributed by atoms with E-state index in [4.69, 9.17) is 4.74 Å². The Bertz CT molecular complexity index is 1060. The fourth-order valence-corrected chi connectivity index (χ4v) is 4.68. The predicted octanol–water partition coefficient (Wildman–Crippen LogP) is 2.87. The third-order valence-corrected chi connectivity index (χ3v) is 6.61. The van der Waals surface area contributed by atoms with Gasteiger partial charge in [0.2, 0.25) is 0 Å². The van der Waals surface area contributed by atoms with Crippen LogP contribution in [0.15, 0.2) is 47.4 Å². The first kappa shape index (κ1) is 22.6. The lowest BCUT2D eigenvalue weighted by atomic mass is 10.1. The molecular formula is C22H27N3O5S. The monoisotopic (exact) mass is 445 g/mol. The lowest BCUT2D eigenvalue weighted by molar-refractivity contribution is 0.0762. The van der Waals surface area contributed by atoms with E-state index in [1.54, 1.807) is 29.2 Å². The van der Waals surface area contributed by atoms with E-state index in [-0.39, 0.29) is 27.8 Å². The second-order valence-electron chi connectivity index (χ2n) is 7.30. The van der Waals surface area contributed by atoms with Gasteiger partial charge in [-0.1, -0.05) is 25.0 Å². The van der Waals surface area contributed by atoms with Crippen LogP contribution in [0.2, 0.25) is 0 Å². The lowest BCUT2D eigenvalue weighted by Crippen LogP contribution is -2.32. The van der Waals surface area contributed by atoms with Crippen molar-refractivity contribution in [3.8, 4) is 5.75 Å². The second kappa shape index (κ2) is 9.82. The van der Waals surface area contributed by atoms with Gasteiger partial charge in [-0.3, -0.25) is 14.3 Å². The van der Waals surface area contributed by atoms with Gasteiger partial charge in [0, 0.05) is 20.1 Å². The highest BCUT2D eigenvalue weighted by Crippen LogP contribution is 2.26. The van der Waals surface area contributed by atoms with E-state index in [0.29, 0.717) is 18.7 Å². The summed E-state index contributed by atoms with van der Waals surface area (Å²) in [5, 5.41) is 2.47. The van der Waals surface area contributed by atoms with Crippen LogP contribution >= 0.6 is 0 Å². The van der Waals surface area contributed by atoms with Crippen LogP contribution in [0.5, 0.6) is 5.75 Å². The Labute approximate surface area is 182 Å². The van der Waals surface area contributed by atoms with Crippen molar-refractivity contribution in [3.05, 3.63) is 53.6 Å². The van der Waals surface area contributed by atoms with Crippen LogP contribution < -0.4 is 14.8 Å². The number of carbonyl (C=O) groups excluding carboxylic acids is 2. The number of para-hydroxylation sites is 1. The van der Waals surface area contributed by atoms with E-state index in [0.717, 1.165) is 25.7 Å². The molecule has 2 N–H and O–H groups in total. The quantitative estimate of drug-likeness (QED) is 0.711. The number of likely N-dealkylation sites (tertiary alicyclic amines) is 1. The first-order chi connectivity index (χ1) is 14.9. The van der Waals surface area contributed by atoms with Crippen molar-refractivity contribution in [3.63, 3.8) is 0 Å². The molecule has 2 aromatic carbocycles. The van der Waals surface area contributed by atoms with Gasteiger partial charge < -0.3 is 15.0 Å². The Balaban J connectivity index is 1.92. The average molecular weight is 446 g/mol. The van der Waals surface area contributed by atoms with Crippen LogP contribution in [0.3, 0.4) is 0 Å². The third kappa shape index (κ3) is 5.16. The maximum absolute atomic E-state index is 13.1. The number of ether oxygens (including phenoxy) is 1. The van der Waals surface area contributed by atoms with Crippen LogP contribution in [0, 0.1) is 0 Å². The highest BCUT2D eigenvalue weighted by molar-refractivity contribution is 7.92. The van der Waals surface area contributed by atoms with Crippen molar-refractivity contribution >= 4 is 27.5 Å². The van der Waals surface area contributed by atoms with Gasteiger partial charge in [0.25, 0.3) is 21.8 Å². The fraction of sp³-hybridized carbons (Fsp3) is 0.364. The van der Waals surface area contributed by atoms with Gasteiger partial charge in [-0.2, -0.15) is 0 Å². The molecule has 8 nitrogen and oxygen atoms in total. The fourth-order valence-electron chi connectivity index (χ4n) is 3.57. The number of nitrogens with zero attached hydrogens (tertiary/aromatic N) is 1. The normalized spacial score (nSPS) is 14.5. The van der Waals surface area contributed by atoms with E-state index in [1.807, 2.05) is 0 Å². The minimum atomic E-state index is -4.05. The van der Waals surface area contributed by atoms with Gasteiger partial charge >= 0.3 is 0 Å². The van der Waals surface area contributed by atoms with Gasteiger partial charge in [-0.15, -0.1) is 0 Å². The summed E-state index contributed by atoms with van der Waals surface area (Å²) in [4.78, 5) is 26.9. The Hall–Kier alpha value is -3.07. The van der Waals surface area contributed by atoms with E-state index in [9.17, 15) is 18.0 Å².